The number of pyridine rings is 1. The number of rotatable bonds is 4. The molecule has 1 N–H and O–H groups in total. The van der Waals surface area contributed by atoms with Crippen LogP contribution in [0.4, 0.5) is 0 Å². The predicted molar refractivity (Wildman–Crippen MR) is 84.0 cm³/mol. The summed E-state index contributed by atoms with van der Waals surface area (Å²) < 4.78 is 33.1. The van der Waals surface area contributed by atoms with Crippen molar-refractivity contribution >= 4 is 26.0 Å². The Hall–Kier alpha value is -0.860. The second-order valence-corrected chi connectivity index (χ2v) is 8.05. The second kappa shape index (κ2) is 6.50. The van der Waals surface area contributed by atoms with Gasteiger partial charge in [0.25, 0.3) is 5.56 Å². The van der Waals surface area contributed by atoms with Crippen LogP contribution in [0.5, 0.6) is 5.75 Å². The van der Waals surface area contributed by atoms with E-state index in [1.54, 1.807) is 13.2 Å². The minimum Gasteiger partial charge on any atom is -0.489 e. The van der Waals surface area contributed by atoms with E-state index in [1.165, 1.54) is 16.9 Å². The Morgan fingerprint density at radius 2 is 1.95 bits per heavy atom. The average Bonchev–Trinajstić information content (AvgIpc) is 2.36. The summed E-state index contributed by atoms with van der Waals surface area (Å²) in [6.07, 6.45) is 5.84. The van der Waals surface area contributed by atoms with Crippen molar-refractivity contribution in [2.24, 2.45) is 7.05 Å². The maximum atomic E-state index is 11.6. The van der Waals surface area contributed by atoms with Crippen molar-refractivity contribution in [3.8, 4) is 5.75 Å². The van der Waals surface area contributed by atoms with Gasteiger partial charge in [0.2, 0.25) is 10.0 Å². The van der Waals surface area contributed by atoms with E-state index in [1.807, 2.05) is 0 Å². The van der Waals surface area contributed by atoms with Crippen molar-refractivity contribution in [2.75, 3.05) is 6.26 Å². The molecule has 0 bridgehead atoms. The molecule has 118 valence electrons. The smallest absolute Gasteiger partial charge is 0.254 e. The molecule has 1 fully saturated rings. The third-order valence-corrected chi connectivity index (χ3v) is 4.85. The van der Waals surface area contributed by atoms with Gasteiger partial charge in [-0.1, -0.05) is 0 Å². The van der Waals surface area contributed by atoms with Gasteiger partial charge in [0, 0.05) is 25.4 Å². The fourth-order valence-corrected chi connectivity index (χ4v) is 3.81. The van der Waals surface area contributed by atoms with E-state index >= 15 is 0 Å². The van der Waals surface area contributed by atoms with Gasteiger partial charge in [-0.25, -0.2) is 13.1 Å². The van der Waals surface area contributed by atoms with Gasteiger partial charge in [-0.2, -0.15) is 0 Å². The third-order valence-electron chi connectivity index (χ3n) is 3.49. The minimum atomic E-state index is -3.16. The summed E-state index contributed by atoms with van der Waals surface area (Å²) in [4.78, 5) is 11.6. The maximum Gasteiger partial charge on any atom is 0.254 e. The fraction of sp³-hybridized carbons (Fsp3) is 0.615. The van der Waals surface area contributed by atoms with Crippen LogP contribution in [0.15, 0.2) is 21.5 Å². The summed E-state index contributed by atoms with van der Waals surface area (Å²) in [7, 11) is -1.48. The van der Waals surface area contributed by atoms with Crippen molar-refractivity contribution in [1.29, 1.82) is 0 Å². The topological polar surface area (TPSA) is 77.4 Å². The van der Waals surface area contributed by atoms with Crippen LogP contribution >= 0.6 is 15.9 Å². The van der Waals surface area contributed by atoms with Gasteiger partial charge in [-0.15, -0.1) is 0 Å². The van der Waals surface area contributed by atoms with Crippen LogP contribution in [0.2, 0.25) is 0 Å². The van der Waals surface area contributed by atoms with Gasteiger partial charge in [0.05, 0.1) is 16.8 Å². The van der Waals surface area contributed by atoms with Crippen molar-refractivity contribution in [3.05, 3.63) is 27.1 Å². The number of aromatic nitrogens is 1. The normalized spacial score (nSPS) is 23.0. The van der Waals surface area contributed by atoms with Gasteiger partial charge in [-0.3, -0.25) is 4.79 Å². The van der Waals surface area contributed by atoms with Gasteiger partial charge < -0.3 is 9.30 Å². The highest BCUT2D eigenvalue weighted by Gasteiger charge is 2.24. The van der Waals surface area contributed by atoms with Crippen LogP contribution in [0.3, 0.4) is 0 Å². The number of hydrogen-bond donors (Lipinski definition) is 1. The Balaban J connectivity index is 1.95. The van der Waals surface area contributed by atoms with Gasteiger partial charge in [0.1, 0.15) is 5.75 Å². The molecule has 0 unspecified atom stereocenters. The lowest BCUT2D eigenvalue weighted by Gasteiger charge is -2.29. The lowest BCUT2D eigenvalue weighted by molar-refractivity contribution is 0.143. The Morgan fingerprint density at radius 3 is 2.52 bits per heavy atom. The number of halogens is 1. The SMILES string of the molecule is Cn1cc(Br)c(OC2CCC(NS(C)(=O)=O)CC2)cc1=O. The molecule has 21 heavy (non-hydrogen) atoms. The molecule has 1 aromatic rings. The van der Waals surface area contributed by atoms with Crippen molar-refractivity contribution in [2.45, 2.75) is 37.8 Å². The second-order valence-electron chi connectivity index (χ2n) is 5.42. The predicted octanol–water partition coefficient (Wildman–Crippen LogP) is 1.39. The van der Waals surface area contributed by atoms with Crippen LogP contribution in [-0.4, -0.2) is 31.4 Å². The number of nitrogens with one attached hydrogen (secondary N) is 1. The molecule has 8 heteroatoms. The van der Waals surface area contributed by atoms with E-state index in [9.17, 15) is 13.2 Å². The molecule has 0 atom stereocenters. The summed E-state index contributed by atoms with van der Waals surface area (Å²) in [5.41, 5.74) is -0.124. The molecule has 1 aliphatic rings. The highest BCUT2D eigenvalue weighted by molar-refractivity contribution is 9.10. The molecular weight excluding hydrogens is 360 g/mol. The van der Waals surface area contributed by atoms with Gasteiger partial charge >= 0.3 is 0 Å². The third kappa shape index (κ3) is 4.82. The zero-order valence-corrected chi connectivity index (χ0v) is 14.4. The first-order chi connectivity index (χ1) is 9.74. The Bertz CT molecular complexity index is 663. The molecule has 0 saturated heterocycles. The van der Waals surface area contributed by atoms with E-state index in [0.717, 1.165) is 30.2 Å². The first-order valence-corrected chi connectivity index (χ1v) is 9.43. The molecule has 0 radical (unpaired) electrons. The zero-order chi connectivity index (χ0) is 15.6. The van der Waals surface area contributed by atoms with Crippen molar-refractivity contribution in [3.63, 3.8) is 0 Å². The number of ether oxygens (including phenoxy) is 1. The Kier molecular flexibility index (Phi) is 5.11. The van der Waals surface area contributed by atoms with E-state index in [2.05, 4.69) is 20.7 Å². The van der Waals surface area contributed by atoms with Crippen LogP contribution in [-0.2, 0) is 17.1 Å². The lowest BCUT2D eigenvalue weighted by Crippen LogP contribution is -2.39. The van der Waals surface area contributed by atoms with E-state index in [0.29, 0.717) is 5.75 Å². The average molecular weight is 379 g/mol. The molecule has 0 aromatic carbocycles. The quantitative estimate of drug-likeness (QED) is 0.858. The number of aryl methyl sites for hydroxylation is 1. The first kappa shape index (κ1) is 16.5. The maximum absolute atomic E-state index is 11.6. The summed E-state index contributed by atoms with van der Waals surface area (Å²) >= 11 is 3.38. The highest BCUT2D eigenvalue weighted by Crippen LogP contribution is 2.28. The largest absolute Gasteiger partial charge is 0.489 e. The van der Waals surface area contributed by atoms with E-state index in [-0.39, 0.29) is 17.7 Å². The molecule has 0 aliphatic heterocycles. The van der Waals surface area contributed by atoms with Crippen LogP contribution < -0.4 is 15.0 Å². The molecule has 6 nitrogen and oxygen atoms in total. The summed E-state index contributed by atoms with van der Waals surface area (Å²) in [5.74, 6) is 0.539. The molecule has 1 aromatic heterocycles. The Labute approximate surface area is 132 Å². The van der Waals surface area contributed by atoms with Crippen molar-refractivity contribution < 1.29 is 13.2 Å². The molecule has 1 aliphatic carbocycles. The highest BCUT2D eigenvalue weighted by atomic mass is 79.9. The van der Waals surface area contributed by atoms with Gasteiger partial charge in [0.15, 0.2) is 0 Å². The van der Waals surface area contributed by atoms with E-state index in [4.69, 9.17) is 4.74 Å². The number of nitrogens with zero attached hydrogens (tertiary/aromatic N) is 1. The van der Waals surface area contributed by atoms with Crippen LogP contribution in [0.25, 0.3) is 0 Å². The molecule has 1 saturated carbocycles. The standard InChI is InChI=1S/C13H19BrN2O4S/c1-16-8-11(14)12(7-13(16)17)20-10-5-3-9(4-6-10)15-21(2,18)19/h7-10,15H,3-6H2,1-2H3. The summed E-state index contributed by atoms with van der Waals surface area (Å²) in [6, 6.07) is 1.44. The zero-order valence-electron chi connectivity index (χ0n) is 12.0. The first-order valence-electron chi connectivity index (χ1n) is 6.75. The summed E-state index contributed by atoms with van der Waals surface area (Å²) in [6.45, 7) is 0. The fourth-order valence-electron chi connectivity index (χ4n) is 2.45. The minimum absolute atomic E-state index is 0.00557. The molecular formula is C13H19BrN2O4S. The summed E-state index contributed by atoms with van der Waals surface area (Å²) in [5, 5.41) is 0. The van der Waals surface area contributed by atoms with E-state index < -0.39 is 10.0 Å². The Morgan fingerprint density at radius 1 is 1.33 bits per heavy atom. The molecule has 2 rings (SSSR count). The molecule has 0 amide bonds. The number of hydrogen-bond acceptors (Lipinski definition) is 4. The number of sulfonamides is 1. The molecule has 1 heterocycles. The molecule has 0 spiro atoms. The van der Waals surface area contributed by atoms with Crippen molar-refractivity contribution in [1.82, 2.24) is 9.29 Å². The van der Waals surface area contributed by atoms with Crippen LogP contribution in [0.1, 0.15) is 25.7 Å². The van der Waals surface area contributed by atoms with Crippen LogP contribution in [0, 0.1) is 0 Å². The van der Waals surface area contributed by atoms with Gasteiger partial charge in [-0.05, 0) is 41.6 Å². The monoisotopic (exact) mass is 378 g/mol. The lowest BCUT2D eigenvalue weighted by atomic mass is 9.94.